The van der Waals surface area contributed by atoms with Crippen molar-refractivity contribution in [3.8, 4) is 0 Å². The number of anilines is 1. The largest absolute Gasteiger partial charge is 0.480 e. The predicted octanol–water partition coefficient (Wildman–Crippen LogP) is 1.63. The molecular formula is C17H24N4O3. The smallest absolute Gasteiger partial charge is 0.317 e. The van der Waals surface area contributed by atoms with E-state index in [1.54, 1.807) is 24.3 Å². The third-order valence-electron chi connectivity index (χ3n) is 4.27. The number of amides is 1. The Morgan fingerprint density at radius 2 is 2.00 bits per heavy atom. The van der Waals surface area contributed by atoms with Crippen molar-refractivity contribution in [2.75, 3.05) is 18.4 Å². The second-order valence-corrected chi connectivity index (χ2v) is 6.09. The molecule has 0 bridgehead atoms. The zero-order chi connectivity index (χ0) is 17.5. The van der Waals surface area contributed by atoms with Crippen LogP contribution in [0.5, 0.6) is 0 Å². The van der Waals surface area contributed by atoms with Crippen LogP contribution in [0.3, 0.4) is 0 Å². The number of rotatable bonds is 7. The highest BCUT2D eigenvalue weighted by atomic mass is 16.4. The van der Waals surface area contributed by atoms with E-state index in [4.69, 9.17) is 16.2 Å². The molecule has 24 heavy (non-hydrogen) atoms. The Morgan fingerprint density at radius 3 is 2.62 bits per heavy atom. The number of nitrogens with one attached hydrogen (secondary N) is 2. The van der Waals surface area contributed by atoms with Crippen molar-refractivity contribution in [2.45, 2.75) is 38.1 Å². The summed E-state index contributed by atoms with van der Waals surface area (Å²) in [5, 5.41) is 19.1. The molecule has 1 fully saturated rings. The van der Waals surface area contributed by atoms with E-state index in [0.29, 0.717) is 24.1 Å². The first-order chi connectivity index (χ1) is 11.5. The Labute approximate surface area is 141 Å². The van der Waals surface area contributed by atoms with E-state index in [-0.39, 0.29) is 24.3 Å². The molecule has 130 valence electrons. The number of carbonyl (C=O) groups is 2. The summed E-state index contributed by atoms with van der Waals surface area (Å²) in [6.45, 7) is 0.823. The first-order valence-corrected chi connectivity index (χ1v) is 8.16. The fourth-order valence-corrected chi connectivity index (χ4v) is 3.02. The maximum atomic E-state index is 12.1. The average Bonchev–Trinajstić information content (AvgIpc) is 2.54. The molecular weight excluding hydrogens is 308 g/mol. The molecule has 0 aliphatic carbocycles. The molecule has 1 aromatic carbocycles. The van der Waals surface area contributed by atoms with Crippen LogP contribution in [0.4, 0.5) is 5.69 Å². The average molecular weight is 332 g/mol. The Bertz CT molecular complexity index is 600. The number of hydrogen-bond donors (Lipinski definition) is 4. The van der Waals surface area contributed by atoms with Crippen molar-refractivity contribution in [3.63, 3.8) is 0 Å². The third kappa shape index (κ3) is 5.34. The fourth-order valence-electron chi connectivity index (χ4n) is 3.02. The second kappa shape index (κ2) is 8.44. The number of piperidine rings is 1. The Hall–Kier alpha value is -2.41. The molecule has 7 heteroatoms. The Balaban J connectivity index is 1.83. The highest BCUT2D eigenvalue weighted by Gasteiger charge is 2.24. The van der Waals surface area contributed by atoms with Gasteiger partial charge in [0, 0.05) is 23.7 Å². The van der Waals surface area contributed by atoms with Crippen molar-refractivity contribution in [2.24, 2.45) is 5.73 Å². The molecule has 5 N–H and O–H groups in total. The predicted molar refractivity (Wildman–Crippen MR) is 92.2 cm³/mol. The van der Waals surface area contributed by atoms with Crippen molar-refractivity contribution in [1.82, 2.24) is 4.90 Å². The number of carbonyl (C=O) groups excluding carboxylic acids is 1. The Kier molecular flexibility index (Phi) is 6.31. The fraction of sp³-hybridized carbons (Fsp3) is 0.471. The normalized spacial score (nSPS) is 18.1. The van der Waals surface area contributed by atoms with Crippen LogP contribution in [0.15, 0.2) is 24.3 Å². The molecule has 0 spiro atoms. The van der Waals surface area contributed by atoms with Gasteiger partial charge in [0.15, 0.2) is 0 Å². The van der Waals surface area contributed by atoms with Crippen LogP contribution in [-0.2, 0) is 9.59 Å². The topological polar surface area (TPSA) is 120 Å². The molecule has 1 aliphatic rings. The molecule has 0 radical (unpaired) electrons. The lowest BCUT2D eigenvalue weighted by Gasteiger charge is -2.34. The highest BCUT2D eigenvalue weighted by Crippen LogP contribution is 2.21. The van der Waals surface area contributed by atoms with Crippen molar-refractivity contribution < 1.29 is 14.7 Å². The van der Waals surface area contributed by atoms with Gasteiger partial charge in [-0.1, -0.05) is 6.42 Å². The van der Waals surface area contributed by atoms with Gasteiger partial charge < -0.3 is 16.2 Å². The standard InChI is InChI=1S/C17H24N4O3/c18-17(19)12-4-6-13(7-5-12)20-15(22)9-8-14-3-1-2-10-21(14)11-16(23)24/h4-7,14H,1-3,8-11H2,(H3,18,19)(H,20,22)(H,23,24). The zero-order valence-electron chi connectivity index (χ0n) is 13.6. The molecule has 1 aliphatic heterocycles. The van der Waals surface area contributed by atoms with Crippen LogP contribution in [0.25, 0.3) is 0 Å². The third-order valence-corrected chi connectivity index (χ3v) is 4.27. The summed E-state index contributed by atoms with van der Waals surface area (Å²) in [6, 6.07) is 6.96. The quantitative estimate of drug-likeness (QED) is 0.447. The summed E-state index contributed by atoms with van der Waals surface area (Å²) in [5.74, 6) is -0.924. The number of carboxylic acids is 1. The lowest BCUT2D eigenvalue weighted by atomic mass is 9.97. The number of nitrogens with two attached hydrogens (primary N) is 1. The van der Waals surface area contributed by atoms with E-state index in [1.165, 1.54) is 0 Å². The van der Waals surface area contributed by atoms with Crippen molar-refractivity contribution >= 4 is 23.4 Å². The summed E-state index contributed by atoms with van der Waals surface area (Å²) in [6.07, 6.45) is 4.04. The molecule has 2 rings (SSSR count). The van der Waals surface area contributed by atoms with Gasteiger partial charge in [-0.3, -0.25) is 19.9 Å². The van der Waals surface area contributed by atoms with Gasteiger partial charge in [-0.05, 0) is 50.1 Å². The van der Waals surface area contributed by atoms with Crippen LogP contribution < -0.4 is 11.1 Å². The van der Waals surface area contributed by atoms with E-state index in [0.717, 1.165) is 25.8 Å². The second-order valence-electron chi connectivity index (χ2n) is 6.09. The lowest BCUT2D eigenvalue weighted by Crippen LogP contribution is -2.42. The summed E-state index contributed by atoms with van der Waals surface area (Å²) in [5.41, 5.74) is 6.67. The molecule has 0 aromatic heterocycles. The minimum atomic E-state index is -0.822. The first kappa shape index (κ1) is 17.9. The van der Waals surface area contributed by atoms with Gasteiger partial charge in [-0.25, -0.2) is 0 Å². The molecule has 0 saturated carbocycles. The van der Waals surface area contributed by atoms with Gasteiger partial charge in [0.1, 0.15) is 5.84 Å². The van der Waals surface area contributed by atoms with Crippen molar-refractivity contribution in [1.29, 1.82) is 5.41 Å². The monoisotopic (exact) mass is 332 g/mol. The Morgan fingerprint density at radius 1 is 1.29 bits per heavy atom. The lowest BCUT2D eigenvalue weighted by molar-refractivity contribution is -0.139. The summed E-state index contributed by atoms with van der Waals surface area (Å²) < 4.78 is 0. The van der Waals surface area contributed by atoms with Crippen LogP contribution in [0, 0.1) is 5.41 Å². The van der Waals surface area contributed by atoms with Crippen LogP contribution in [-0.4, -0.2) is 46.8 Å². The SMILES string of the molecule is N=C(N)c1ccc(NC(=O)CCC2CCCCN2CC(=O)O)cc1. The van der Waals surface area contributed by atoms with E-state index < -0.39 is 5.97 Å². The number of aliphatic carboxylic acids is 1. The van der Waals surface area contributed by atoms with Gasteiger partial charge in [0.2, 0.25) is 5.91 Å². The van der Waals surface area contributed by atoms with E-state index in [9.17, 15) is 9.59 Å². The number of hydrogen-bond acceptors (Lipinski definition) is 4. The number of likely N-dealkylation sites (tertiary alicyclic amines) is 1. The van der Waals surface area contributed by atoms with Gasteiger partial charge >= 0.3 is 5.97 Å². The number of carboxylic acid groups (broad SMARTS) is 1. The molecule has 1 heterocycles. The first-order valence-electron chi connectivity index (χ1n) is 8.16. The number of nitrogens with zero attached hydrogens (tertiary/aromatic N) is 1. The van der Waals surface area contributed by atoms with Gasteiger partial charge in [-0.15, -0.1) is 0 Å². The van der Waals surface area contributed by atoms with E-state index in [2.05, 4.69) is 5.32 Å². The molecule has 1 aromatic rings. The summed E-state index contributed by atoms with van der Waals surface area (Å²) in [7, 11) is 0. The summed E-state index contributed by atoms with van der Waals surface area (Å²) >= 11 is 0. The van der Waals surface area contributed by atoms with Crippen molar-refractivity contribution in [3.05, 3.63) is 29.8 Å². The van der Waals surface area contributed by atoms with E-state index in [1.807, 2.05) is 4.90 Å². The van der Waals surface area contributed by atoms with E-state index >= 15 is 0 Å². The van der Waals surface area contributed by atoms with Crippen LogP contribution >= 0.6 is 0 Å². The molecule has 1 amide bonds. The number of nitrogen functional groups attached to an aromatic ring is 1. The maximum Gasteiger partial charge on any atom is 0.317 e. The van der Waals surface area contributed by atoms with Crippen LogP contribution in [0.1, 0.15) is 37.7 Å². The molecule has 1 saturated heterocycles. The minimum Gasteiger partial charge on any atom is -0.480 e. The van der Waals surface area contributed by atoms with Crippen LogP contribution in [0.2, 0.25) is 0 Å². The molecule has 7 nitrogen and oxygen atoms in total. The maximum absolute atomic E-state index is 12.1. The number of amidine groups is 1. The summed E-state index contributed by atoms with van der Waals surface area (Å²) in [4.78, 5) is 25.0. The number of benzene rings is 1. The van der Waals surface area contributed by atoms with Gasteiger partial charge in [-0.2, -0.15) is 0 Å². The minimum absolute atomic E-state index is 0.0105. The highest BCUT2D eigenvalue weighted by molar-refractivity contribution is 5.96. The zero-order valence-corrected chi connectivity index (χ0v) is 13.6. The van der Waals surface area contributed by atoms with Gasteiger partial charge in [0.25, 0.3) is 0 Å². The van der Waals surface area contributed by atoms with Gasteiger partial charge in [0.05, 0.1) is 6.54 Å². The molecule has 1 atom stereocenters. The molecule has 1 unspecified atom stereocenters.